The van der Waals surface area contributed by atoms with Gasteiger partial charge in [-0.3, -0.25) is 14.9 Å². The summed E-state index contributed by atoms with van der Waals surface area (Å²) in [6.45, 7) is 5.09. The van der Waals surface area contributed by atoms with E-state index >= 15 is 0 Å². The Morgan fingerprint density at radius 3 is 2.69 bits per heavy atom. The Kier molecular flexibility index (Phi) is 4.88. The summed E-state index contributed by atoms with van der Waals surface area (Å²) in [5.41, 5.74) is 3.96. The third-order valence-corrected chi connectivity index (χ3v) is 5.26. The average molecular weight is 390 g/mol. The molecule has 148 valence electrons. The van der Waals surface area contributed by atoms with Crippen LogP contribution in [0.1, 0.15) is 23.2 Å². The molecule has 1 fully saturated rings. The van der Waals surface area contributed by atoms with Crippen molar-refractivity contribution >= 4 is 28.2 Å². The number of aryl methyl sites for hydroxylation is 2. The van der Waals surface area contributed by atoms with Gasteiger partial charge < -0.3 is 10.2 Å². The second-order valence-corrected chi connectivity index (χ2v) is 7.47. The summed E-state index contributed by atoms with van der Waals surface area (Å²) >= 11 is 0. The zero-order valence-corrected chi connectivity index (χ0v) is 16.4. The first-order valence-corrected chi connectivity index (χ1v) is 9.58. The van der Waals surface area contributed by atoms with Gasteiger partial charge in [-0.25, -0.2) is 4.98 Å². The van der Waals surface area contributed by atoms with Crippen LogP contribution >= 0.6 is 0 Å². The molecule has 1 amide bonds. The minimum atomic E-state index is -0.428. The van der Waals surface area contributed by atoms with Crippen LogP contribution in [0, 0.1) is 24.0 Å². The number of nitrogens with one attached hydrogen (secondary N) is 1. The van der Waals surface area contributed by atoms with Crippen LogP contribution in [0.15, 0.2) is 48.5 Å². The molecule has 7 nitrogen and oxygen atoms in total. The van der Waals surface area contributed by atoms with E-state index in [-0.39, 0.29) is 17.6 Å². The number of non-ortho nitro benzene ring substituents is 1. The van der Waals surface area contributed by atoms with Gasteiger partial charge in [0.05, 0.1) is 4.92 Å². The zero-order chi connectivity index (χ0) is 20.5. The highest BCUT2D eigenvalue weighted by atomic mass is 16.6. The van der Waals surface area contributed by atoms with Crippen LogP contribution in [0.3, 0.4) is 0 Å². The molecule has 0 radical (unpaired) electrons. The third kappa shape index (κ3) is 3.76. The van der Waals surface area contributed by atoms with Crippen LogP contribution in [0.25, 0.3) is 10.9 Å². The number of pyridine rings is 1. The fourth-order valence-corrected chi connectivity index (χ4v) is 3.76. The Bertz CT molecular complexity index is 1100. The van der Waals surface area contributed by atoms with Crippen LogP contribution in [-0.2, 0) is 11.3 Å². The second-order valence-electron chi connectivity index (χ2n) is 7.47. The molecule has 1 aliphatic rings. The number of para-hydroxylation sites is 1. The largest absolute Gasteiger partial charge is 0.373 e. The van der Waals surface area contributed by atoms with Gasteiger partial charge in [-0.2, -0.15) is 0 Å². The average Bonchev–Trinajstić information content (AvgIpc) is 3.02. The first-order chi connectivity index (χ1) is 13.9. The lowest BCUT2D eigenvalue weighted by Crippen LogP contribution is -2.33. The van der Waals surface area contributed by atoms with Crippen molar-refractivity contribution in [3.05, 3.63) is 75.5 Å². The monoisotopic (exact) mass is 390 g/mol. The summed E-state index contributed by atoms with van der Waals surface area (Å²) in [5.74, 6) is 0.0404. The summed E-state index contributed by atoms with van der Waals surface area (Å²) < 4.78 is 0. The molecule has 0 spiro atoms. The number of nitro groups is 1. The smallest absolute Gasteiger partial charge is 0.295 e. The SMILES string of the molecule is Cc1ccc(CN2CCC(Nc3cc(C)nc4c([N+](=O)[O-])cccc34)C2=O)cc1. The van der Waals surface area contributed by atoms with E-state index in [0.717, 1.165) is 5.56 Å². The first kappa shape index (κ1) is 18.9. The predicted molar refractivity (Wildman–Crippen MR) is 112 cm³/mol. The van der Waals surface area contributed by atoms with E-state index in [2.05, 4.69) is 10.3 Å². The number of hydrogen-bond acceptors (Lipinski definition) is 5. The Morgan fingerprint density at radius 1 is 1.21 bits per heavy atom. The van der Waals surface area contributed by atoms with Gasteiger partial charge in [-0.1, -0.05) is 42.0 Å². The normalized spacial score (nSPS) is 16.4. The van der Waals surface area contributed by atoms with Crippen LogP contribution in [-0.4, -0.2) is 33.3 Å². The zero-order valence-electron chi connectivity index (χ0n) is 16.4. The molecule has 1 aliphatic heterocycles. The van der Waals surface area contributed by atoms with Gasteiger partial charge >= 0.3 is 0 Å². The summed E-state index contributed by atoms with van der Waals surface area (Å²) in [7, 11) is 0. The first-order valence-electron chi connectivity index (χ1n) is 9.58. The van der Waals surface area contributed by atoms with E-state index in [0.29, 0.717) is 41.8 Å². The molecular formula is C22H22N4O3. The van der Waals surface area contributed by atoms with E-state index in [1.165, 1.54) is 11.6 Å². The lowest BCUT2D eigenvalue weighted by atomic mass is 10.1. The highest BCUT2D eigenvalue weighted by Gasteiger charge is 2.32. The lowest BCUT2D eigenvalue weighted by Gasteiger charge is -2.19. The number of carbonyl (C=O) groups is 1. The van der Waals surface area contributed by atoms with E-state index in [1.807, 2.05) is 42.2 Å². The van der Waals surface area contributed by atoms with E-state index in [1.54, 1.807) is 19.1 Å². The number of nitrogens with zero attached hydrogens (tertiary/aromatic N) is 3. The molecule has 1 atom stereocenters. The number of nitro benzene ring substituents is 1. The number of benzene rings is 2. The van der Waals surface area contributed by atoms with Gasteiger partial charge in [0.2, 0.25) is 5.91 Å². The Balaban J connectivity index is 1.57. The topological polar surface area (TPSA) is 88.4 Å². The van der Waals surface area contributed by atoms with Gasteiger partial charge in [-0.15, -0.1) is 0 Å². The maximum absolute atomic E-state index is 12.9. The maximum atomic E-state index is 12.9. The summed E-state index contributed by atoms with van der Waals surface area (Å²) in [5, 5.41) is 15.3. The van der Waals surface area contributed by atoms with Crippen LogP contribution in [0.5, 0.6) is 0 Å². The minimum Gasteiger partial charge on any atom is -0.373 e. The Hall–Kier alpha value is -3.48. The highest BCUT2D eigenvalue weighted by molar-refractivity contribution is 5.98. The number of fused-ring (bicyclic) bond motifs is 1. The number of rotatable bonds is 5. The van der Waals surface area contributed by atoms with Crippen molar-refractivity contribution in [2.45, 2.75) is 32.9 Å². The number of hydrogen-bond donors (Lipinski definition) is 1. The van der Waals surface area contributed by atoms with Crippen molar-refractivity contribution in [1.29, 1.82) is 0 Å². The van der Waals surface area contributed by atoms with E-state index in [9.17, 15) is 14.9 Å². The van der Waals surface area contributed by atoms with Crippen molar-refractivity contribution in [3.63, 3.8) is 0 Å². The van der Waals surface area contributed by atoms with E-state index in [4.69, 9.17) is 0 Å². The Labute approximate surface area is 168 Å². The molecule has 4 rings (SSSR count). The lowest BCUT2D eigenvalue weighted by molar-refractivity contribution is -0.383. The predicted octanol–water partition coefficient (Wildman–Crippen LogP) is 3.97. The molecule has 29 heavy (non-hydrogen) atoms. The van der Waals surface area contributed by atoms with Crippen LogP contribution < -0.4 is 5.32 Å². The molecule has 3 aromatic rings. The Morgan fingerprint density at radius 2 is 1.97 bits per heavy atom. The summed E-state index contributed by atoms with van der Waals surface area (Å²) in [6, 6.07) is 14.5. The quantitative estimate of drug-likeness (QED) is 0.526. The molecule has 1 aromatic heterocycles. The molecule has 1 unspecified atom stereocenters. The number of anilines is 1. The van der Waals surface area contributed by atoms with Gasteiger partial charge in [0, 0.05) is 35.9 Å². The standard InChI is InChI=1S/C22H22N4O3/c1-14-6-8-16(9-7-14)13-25-11-10-18(22(25)27)24-19-12-15(2)23-21-17(19)4-3-5-20(21)26(28)29/h3-9,12,18H,10-11,13H2,1-2H3,(H,23,24). The number of likely N-dealkylation sites (tertiary alicyclic amines) is 1. The highest BCUT2D eigenvalue weighted by Crippen LogP contribution is 2.31. The minimum absolute atomic E-state index is 0.0343. The van der Waals surface area contributed by atoms with Gasteiger partial charge in [-0.05, 0) is 31.9 Å². The number of amides is 1. The molecule has 7 heteroatoms. The molecule has 2 aromatic carbocycles. The fraction of sp³-hybridized carbons (Fsp3) is 0.273. The van der Waals surface area contributed by atoms with Crippen LogP contribution in [0.2, 0.25) is 0 Å². The van der Waals surface area contributed by atoms with Crippen molar-refractivity contribution in [2.24, 2.45) is 0 Å². The van der Waals surface area contributed by atoms with Crippen molar-refractivity contribution in [2.75, 3.05) is 11.9 Å². The molecule has 1 N–H and O–H groups in total. The fourth-order valence-electron chi connectivity index (χ4n) is 3.76. The molecule has 2 heterocycles. The van der Waals surface area contributed by atoms with E-state index < -0.39 is 4.92 Å². The van der Waals surface area contributed by atoms with Crippen molar-refractivity contribution in [1.82, 2.24) is 9.88 Å². The van der Waals surface area contributed by atoms with Crippen LogP contribution in [0.4, 0.5) is 11.4 Å². The second kappa shape index (κ2) is 7.50. The molecule has 0 bridgehead atoms. The van der Waals surface area contributed by atoms with Gasteiger partial charge in [0.15, 0.2) is 5.52 Å². The van der Waals surface area contributed by atoms with Gasteiger partial charge in [0.1, 0.15) is 6.04 Å². The summed E-state index contributed by atoms with van der Waals surface area (Å²) in [4.78, 5) is 30.0. The molecule has 0 saturated carbocycles. The number of carbonyl (C=O) groups excluding carboxylic acids is 1. The van der Waals surface area contributed by atoms with Crippen molar-refractivity contribution < 1.29 is 9.72 Å². The summed E-state index contributed by atoms with van der Waals surface area (Å²) in [6.07, 6.45) is 0.683. The number of aromatic nitrogens is 1. The molecule has 1 saturated heterocycles. The molecular weight excluding hydrogens is 368 g/mol. The maximum Gasteiger partial charge on any atom is 0.295 e. The third-order valence-electron chi connectivity index (χ3n) is 5.26. The van der Waals surface area contributed by atoms with Crippen molar-refractivity contribution in [3.8, 4) is 0 Å². The molecule has 0 aliphatic carbocycles. The van der Waals surface area contributed by atoms with Gasteiger partial charge in [0.25, 0.3) is 5.69 Å².